The maximum absolute atomic E-state index is 14.0. The molecule has 0 aliphatic carbocycles. The Labute approximate surface area is 179 Å². The molecule has 0 radical (unpaired) electrons. The van der Waals surface area contributed by atoms with Gasteiger partial charge in [-0.15, -0.1) is 5.10 Å². The van der Waals surface area contributed by atoms with Crippen molar-refractivity contribution in [2.75, 3.05) is 49.6 Å². The molecule has 9 heteroatoms. The quantitative estimate of drug-likeness (QED) is 0.688. The molecule has 0 spiro atoms. The van der Waals surface area contributed by atoms with Gasteiger partial charge in [0.2, 0.25) is 0 Å². The highest BCUT2D eigenvalue weighted by Gasteiger charge is 2.30. The maximum Gasteiger partial charge on any atom is 0.157 e. The van der Waals surface area contributed by atoms with Crippen molar-refractivity contribution in [2.24, 2.45) is 0 Å². The Bertz CT molecular complexity index is 1110. The smallest absolute Gasteiger partial charge is 0.157 e. The van der Waals surface area contributed by atoms with E-state index in [0.717, 1.165) is 67.7 Å². The molecule has 1 atom stereocenters. The van der Waals surface area contributed by atoms with Crippen molar-refractivity contribution in [3.05, 3.63) is 53.4 Å². The zero-order valence-electron chi connectivity index (χ0n) is 17.3. The molecular formula is C22H24F2N6O. The molecule has 0 saturated carbocycles. The first kappa shape index (κ1) is 20.0. The molecule has 1 aromatic carbocycles. The van der Waals surface area contributed by atoms with Crippen molar-refractivity contribution in [1.29, 1.82) is 0 Å². The van der Waals surface area contributed by atoms with Gasteiger partial charge in [0, 0.05) is 61.3 Å². The van der Waals surface area contributed by atoms with Gasteiger partial charge in [0.05, 0.1) is 24.9 Å². The summed E-state index contributed by atoms with van der Waals surface area (Å²) in [6.07, 6.45) is 1.82. The lowest BCUT2D eigenvalue weighted by Crippen LogP contribution is -2.58. The Kier molecular flexibility index (Phi) is 5.37. The molecule has 0 amide bonds. The van der Waals surface area contributed by atoms with Crippen LogP contribution in [-0.2, 0) is 11.3 Å². The lowest BCUT2D eigenvalue weighted by atomic mass is 10.1. The molecule has 1 N–H and O–H groups in total. The number of nitrogens with one attached hydrogen (secondary N) is 1. The Balaban J connectivity index is 1.42. The number of hydrogen-bond donors (Lipinski definition) is 1. The summed E-state index contributed by atoms with van der Waals surface area (Å²) in [4.78, 5) is 9.43. The first-order valence-corrected chi connectivity index (χ1v) is 10.5. The number of nitrogens with zero attached hydrogens (tertiary/aromatic N) is 5. The van der Waals surface area contributed by atoms with E-state index in [2.05, 4.69) is 30.3 Å². The number of benzene rings is 1. The van der Waals surface area contributed by atoms with Gasteiger partial charge in [0.1, 0.15) is 17.5 Å². The van der Waals surface area contributed by atoms with Crippen LogP contribution in [0, 0.1) is 18.6 Å². The topological polar surface area (TPSA) is 66.4 Å². The standard InChI is InChI=1S/C22H24F2N6O/c1-14-19-11-25-21(30-5-4-29-6-7-31-13-17(29)12-30)9-18(19)22(28-27-14)26-10-15-2-3-16(23)8-20(15)24/h2-3,8-9,11,17H,4-7,10,12-13H2,1H3,(H,26,28). The van der Waals surface area contributed by atoms with Gasteiger partial charge in [-0.3, -0.25) is 4.90 Å². The minimum absolute atomic E-state index is 0.175. The van der Waals surface area contributed by atoms with Crippen LogP contribution in [-0.4, -0.2) is 65.5 Å². The molecule has 31 heavy (non-hydrogen) atoms. The Morgan fingerprint density at radius 2 is 2.03 bits per heavy atom. The average molecular weight is 426 g/mol. The predicted octanol–water partition coefficient (Wildman–Crippen LogP) is 2.74. The van der Waals surface area contributed by atoms with E-state index >= 15 is 0 Å². The lowest BCUT2D eigenvalue weighted by molar-refractivity contribution is -0.0117. The number of anilines is 2. The van der Waals surface area contributed by atoms with Crippen LogP contribution < -0.4 is 10.2 Å². The van der Waals surface area contributed by atoms with Crippen LogP contribution in [0.3, 0.4) is 0 Å². The fourth-order valence-corrected chi connectivity index (χ4v) is 4.26. The molecule has 2 aliphatic rings. The number of ether oxygens (including phenoxy) is 1. The van der Waals surface area contributed by atoms with Crippen molar-refractivity contribution in [1.82, 2.24) is 20.1 Å². The monoisotopic (exact) mass is 426 g/mol. The van der Waals surface area contributed by atoms with Gasteiger partial charge in [-0.25, -0.2) is 13.8 Å². The third-order valence-electron chi connectivity index (χ3n) is 6.06. The average Bonchev–Trinajstić information content (AvgIpc) is 2.79. The number of morpholine rings is 1. The Morgan fingerprint density at radius 1 is 1.13 bits per heavy atom. The van der Waals surface area contributed by atoms with E-state index in [1.54, 1.807) is 0 Å². The molecule has 2 aromatic heterocycles. The lowest BCUT2D eigenvalue weighted by Gasteiger charge is -2.44. The van der Waals surface area contributed by atoms with Crippen LogP contribution in [0.25, 0.3) is 10.8 Å². The van der Waals surface area contributed by atoms with E-state index in [-0.39, 0.29) is 6.54 Å². The van der Waals surface area contributed by atoms with Gasteiger partial charge < -0.3 is 15.0 Å². The van der Waals surface area contributed by atoms with E-state index in [1.165, 1.54) is 12.1 Å². The summed E-state index contributed by atoms with van der Waals surface area (Å²) in [5.41, 5.74) is 1.14. The fourth-order valence-electron chi connectivity index (χ4n) is 4.26. The molecular weight excluding hydrogens is 402 g/mol. The fraction of sp³-hybridized carbons (Fsp3) is 0.409. The van der Waals surface area contributed by atoms with E-state index in [1.807, 2.05) is 19.2 Å². The minimum Gasteiger partial charge on any atom is -0.378 e. The largest absolute Gasteiger partial charge is 0.378 e. The van der Waals surface area contributed by atoms with Gasteiger partial charge in [0.25, 0.3) is 0 Å². The second-order valence-corrected chi connectivity index (χ2v) is 8.02. The van der Waals surface area contributed by atoms with E-state index in [9.17, 15) is 8.78 Å². The molecule has 0 bridgehead atoms. The number of piperazine rings is 1. The summed E-state index contributed by atoms with van der Waals surface area (Å²) in [7, 11) is 0. The van der Waals surface area contributed by atoms with E-state index in [4.69, 9.17) is 4.74 Å². The van der Waals surface area contributed by atoms with Gasteiger partial charge in [0.15, 0.2) is 5.82 Å². The molecule has 2 aliphatic heterocycles. The highest BCUT2D eigenvalue weighted by molar-refractivity contribution is 5.94. The minimum atomic E-state index is -0.596. The molecule has 1 unspecified atom stereocenters. The summed E-state index contributed by atoms with van der Waals surface area (Å²) in [6, 6.07) is 5.94. The third-order valence-corrected chi connectivity index (χ3v) is 6.06. The zero-order chi connectivity index (χ0) is 21.4. The van der Waals surface area contributed by atoms with Crippen LogP contribution in [0.5, 0.6) is 0 Å². The first-order chi connectivity index (χ1) is 15.1. The molecule has 5 rings (SSSR count). The second kappa shape index (κ2) is 8.32. The van der Waals surface area contributed by atoms with Crippen LogP contribution in [0.1, 0.15) is 11.3 Å². The van der Waals surface area contributed by atoms with Gasteiger partial charge >= 0.3 is 0 Å². The summed E-state index contributed by atoms with van der Waals surface area (Å²) >= 11 is 0. The molecule has 4 heterocycles. The molecule has 2 saturated heterocycles. The van der Waals surface area contributed by atoms with Crippen LogP contribution in [0.2, 0.25) is 0 Å². The Hall–Kier alpha value is -2.91. The summed E-state index contributed by atoms with van der Waals surface area (Å²) in [6.45, 7) is 7.32. The number of halogens is 2. The predicted molar refractivity (Wildman–Crippen MR) is 114 cm³/mol. The van der Waals surface area contributed by atoms with Crippen molar-refractivity contribution >= 4 is 22.4 Å². The van der Waals surface area contributed by atoms with Gasteiger partial charge in [-0.05, 0) is 19.1 Å². The first-order valence-electron chi connectivity index (χ1n) is 10.5. The Morgan fingerprint density at radius 3 is 2.90 bits per heavy atom. The highest BCUT2D eigenvalue weighted by atomic mass is 19.1. The van der Waals surface area contributed by atoms with Crippen molar-refractivity contribution < 1.29 is 13.5 Å². The van der Waals surface area contributed by atoms with Crippen LogP contribution >= 0.6 is 0 Å². The number of rotatable bonds is 4. The second-order valence-electron chi connectivity index (χ2n) is 8.02. The van der Waals surface area contributed by atoms with Crippen molar-refractivity contribution in [3.63, 3.8) is 0 Å². The molecule has 2 fully saturated rings. The molecule has 162 valence electrons. The maximum atomic E-state index is 14.0. The van der Waals surface area contributed by atoms with Crippen LogP contribution in [0.15, 0.2) is 30.5 Å². The third kappa shape index (κ3) is 4.03. The van der Waals surface area contributed by atoms with Gasteiger partial charge in [-0.2, -0.15) is 5.10 Å². The summed E-state index contributed by atoms with van der Waals surface area (Å²) in [5, 5.41) is 13.4. The van der Waals surface area contributed by atoms with Crippen molar-refractivity contribution in [2.45, 2.75) is 19.5 Å². The summed E-state index contributed by atoms with van der Waals surface area (Å²) < 4.78 is 32.9. The van der Waals surface area contributed by atoms with Gasteiger partial charge in [-0.1, -0.05) is 6.07 Å². The van der Waals surface area contributed by atoms with Crippen LogP contribution in [0.4, 0.5) is 20.4 Å². The number of pyridine rings is 1. The zero-order valence-corrected chi connectivity index (χ0v) is 17.3. The van der Waals surface area contributed by atoms with E-state index < -0.39 is 11.6 Å². The highest BCUT2D eigenvalue weighted by Crippen LogP contribution is 2.28. The summed E-state index contributed by atoms with van der Waals surface area (Å²) in [5.74, 6) is 0.238. The van der Waals surface area contributed by atoms with E-state index in [0.29, 0.717) is 17.4 Å². The SMILES string of the molecule is Cc1nnc(NCc2ccc(F)cc2F)c2cc(N3CCN4CCOCC4C3)ncc12. The normalized spacial score (nSPS) is 19.5. The number of hydrogen-bond acceptors (Lipinski definition) is 7. The number of aryl methyl sites for hydroxylation is 1. The number of aromatic nitrogens is 3. The van der Waals surface area contributed by atoms with Crippen molar-refractivity contribution in [3.8, 4) is 0 Å². The number of fused-ring (bicyclic) bond motifs is 2. The molecule has 7 nitrogen and oxygen atoms in total. The molecule has 3 aromatic rings.